The number of carbonyl (C=O) groups is 2. The van der Waals surface area contributed by atoms with E-state index < -0.39 is 0 Å². The summed E-state index contributed by atoms with van der Waals surface area (Å²) in [6.07, 6.45) is 3.49. The van der Waals surface area contributed by atoms with Crippen LogP contribution in [0, 0.1) is 11.8 Å². The third-order valence-corrected chi connectivity index (χ3v) is 4.04. The number of amides is 2. The van der Waals surface area contributed by atoms with Gasteiger partial charge in [0.25, 0.3) is 0 Å². The SMILES string of the molecule is CN1CCC(CNC(=O)C2CCC(=O)NC2)CC1. The first kappa shape index (κ1) is 13.3. The molecule has 2 saturated heterocycles. The molecule has 2 aliphatic rings. The van der Waals surface area contributed by atoms with Crippen LogP contribution in [-0.2, 0) is 9.59 Å². The van der Waals surface area contributed by atoms with Crippen molar-refractivity contribution in [2.24, 2.45) is 11.8 Å². The van der Waals surface area contributed by atoms with Gasteiger partial charge in [0.05, 0.1) is 5.92 Å². The van der Waals surface area contributed by atoms with Gasteiger partial charge in [0.15, 0.2) is 0 Å². The van der Waals surface area contributed by atoms with Gasteiger partial charge in [0, 0.05) is 19.5 Å². The van der Waals surface area contributed by atoms with Crippen LogP contribution >= 0.6 is 0 Å². The zero-order valence-corrected chi connectivity index (χ0v) is 11.1. The Bertz CT molecular complexity index is 301. The van der Waals surface area contributed by atoms with E-state index >= 15 is 0 Å². The summed E-state index contributed by atoms with van der Waals surface area (Å²) in [6.45, 7) is 3.54. The molecule has 5 nitrogen and oxygen atoms in total. The van der Waals surface area contributed by atoms with Gasteiger partial charge in [-0.1, -0.05) is 0 Å². The minimum absolute atomic E-state index is 0.0334. The van der Waals surface area contributed by atoms with Crippen LogP contribution in [0.2, 0.25) is 0 Å². The van der Waals surface area contributed by atoms with Crippen LogP contribution in [0.25, 0.3) is 0 Å². The fraction of sp³-hybridized carbons (Fsp3) is 0.846. The van der Waals surface area contributed by atoms with Crippen LogP contribution in [0.4, 0.5) is 0 Å². The van der Waals surface area contributed by atoms with E-state index in [9.17, 15) is 9.59 Å². The highest BCUT2D eigenvalue weighted by atomic mass is 16.2. The number of nitrogens with zero attached hydrogens (tertiary/aromatic N) is 1. The quantitative estimate of drug-likeness (QED) is 0.742. The molecule has 2 aliphatic heterocycles. The van der Waals surface area contributed by atoms with Crippen molar-refractivity contribution >= 4 is 11.8 Å². The summed E-state index contributed by atoms with van der Waals surface area (Å²) in [5.74, 6) is 0.751. The van der Waals surface area contributed by atoms with Gasteiger partial charge in [0.2, 0.25) is 11.8 Å². The molecular weight excluding hydrogens is 230 g/mol. The summed E-state index contributed by atoms with van der Waals surface area (Å²) in [4.78, 5) is 25.3. The summed E-state index contributed by atoms with van der Waals surface area (Å²) >= 11 is 0. The van der Waals surface area contributed by atoms with Crippen molar-refractivity contribution in [3.8, 4) is 0 Å². The molecule has 2 fully saturated rings. The molecule has 0 aromatic heterocycles. The number of nitrogens with one attached hydrogen (secondary N) is 2. The molecule has 2 N–H and O–H groups in total. The van der Waals surface area contributed by atoms with E-state index in [1.54, 1.807) is 0 Å². The third kappa shape index (κ3) is 3.70. The minimum Gasteiger partial charge on any atom is -0.356 e. The lowest BCUT2D eigenvalue weighted by molar-refractivity contribution is -0.129. The summed E-state index contributed by atoms with van der Waals surface area (Å²) in [5.41, 5.74) is 0. The van der Waals surface area contributed by atoms with E-state index in [0.29, 0.717) is 25.3 Å². The normalized spacial score (nSPS) is 26.7. The monoisotopic (exact) mass is 253 g/mol. The average molecular weight is 253 g/mol. The second kappa shape index (κ2) is 6.18. The fourth-order valence-corrected chi connectivity index (χ4v) is 2.61. The van der Waals surface area contributed by atoms with E-state index in [0.717, 1.165) is 32.5 Å². The first-order valence-electron chi connectivity index (χ1n) is 6.88. The van der Waals surface area contributed by atoms with Crippen molar-refractivity contribution in [2.45, 2.75) is 25.7 Å². The highest BCUT2D eigenvalue weighted by molar-refractivity contribution is 5.83. The average Bonchev–Trinajstić information content (AvgIpc) is 2.38. The largest absolute Gasteiger partial charge is 0.356 e. The molecule has 18 heavy (non-hydrogen) atoms. The Labute approximate surface area is 108 Å². The van der Waals surface area contributed by atoms with Gasteiger partial charge < -0.3 is 15.5 Å². The smallest absolute Gasteiger partial charge is 0.224 e. The van der Waals surface area contributed by atoms with E-state index in [4.69, 9.17) is 0 Å². The molecule has 0 bridgehead atoms. The highest BCUT2D eigenvalue weighted by Gasteiger charge is 2.25. The Hall–Kier alpha value is -1.10. The van der Waals surface area contributed by atoms with Crippen molar-refractivity contribution in [1.29, 1.82) is 0 Å². The Morgan fingerprint density at radius 2 is 2.11 bits per heavy atom. The maximum absolute atomic E-state index is 11.9. The van der Waals surface area contributed by atoms with Gasteiger partial charge in [-0.25, -0.2) is 0 Å². The Morgan fingerprint density at radius 3 is 2.72 bits per heavy atom. The van der Waals surface area contributed by atoms with E-state index in [1.807, 2.05) is 0 Å². The summed E-state index contributed by atoms with van der Waals surface area (Å²) in [7, 11) is 2.14. The molecule has 2 amide bonds. The van der Waals surface area contributed by atoms with Crippen LogP contribution in [0.5, 0.6) is 0 Å². The summed E-state index contributed by atoms with van der Waals surface area (Å²) in [5, 5.41) is 5.79. The second-order valence-corrected chi connectivity index (χ2v) is 5.53. The molecule has 5 heteroatoms. The highest BCUT2D eigenvalue weighted by Crippen LogP contribution is 2.16. The molecule has 0 aromatic carbocycles. The van der Waals surface area contributed by atoms with Crippen molar-refractivity contribution < 1.29 is 9.59 Å². The first-order chi connectivity index (χ1) is 8.65. The maximum Gasteiger partial charge on any atom is 0.224 e. The van der Waals surface area contributed by atoms with Gasteiger partial charge in [-0.15, -0.1) is 0 Å². The number of likely N-dealkylation sites (tertiary alicyclic amines) is 1. The molecule has 0 spiro atoms. The number of rotatable bonds is 3. The Balaban J connectivity index is 1.67. The molecule has 1 unspecified atom stereocenters. The molecule has 1 atom stereocenters. The van der Waals surface area contributed by atoms with Gasteiger partial charge in [-0.2, -0.15) is 0 Å². The fourth-order valence-electron chi connectivity index (χ4n) is 2.61. The van der Waals surface area contributed by atoms with Crippen LogP contribution in [0.3, 0.4) is 0 Å². The third-order valence-electron chi connectivity index (χ3n) is 4.04. The predicted molar refractivity (Wildman–Crippen MR) is 69.0 cm³/mol. The first-order valence-corrected chi connectivity index (χ1v) is 6.88. The molecule has 102 valence electrons. The van der Waals surface area contributed by atoms with Gasteiger partial charge >= 0.3 is 0 Å². The molecule has 0 radical (unpaired) electrons. The number of hydrogen-bond donors (Lipinski definition) is 2. The molecule has 2 heterocycles. The van der Waals surface area contributed by atoms with Crippen LogP contribution < -0.4 is 10.6 Å². The molecule has 2 rings (SSSR count). The lowest BCUT2D eigenvalue weighted by Gasteiger charge is -2.29. The van der Waals surface area contributed by atoms with Crippen molar-refractivity contribution in [3.63, 3.8) is 0 Å². The summed E-state index contributed by atoms with van der Waals surface area (Å²) in [6, 6.07) is 0. The lowest BCUT2D eigenvalue weighted by Crippen LogP contribution is -2.44. The van der Waals surface area contributed by atoms with E-state index in [1.165, 1.54) is 0 Å². The zero-order chi connectivity index (χ0) is 13.0. The van der Waals surface area contributed by atoms with E-state index in [-0.39, 0.29) is 17.7 Å². The van der Waals surface area contributed by atoms with Gasteiger partial charge in [-0.05, 0) is 45.3 Å². The molecular formula is C13H23N3O2. The van der Waals surface area contributed by atoms with Gasteiger partial charge in [-0.3, -0.25) is 9.59 Å². The Kier molecular flexibility index (Phi) is 4.58. The van der Waals surface area contributed by atoms with E-state index in [2.05, 4.69) is 22.6 Å². The molecule has 0 aliphatic carbocycles. The lowest BCUT2D eigenvalue weighted by atomic mass is 9.95. The second-order valence-electron chi connectivity index (χ2n) is 5.53. The minimum atomic E-state index is -0.0334. The summed E-state index contributed by atoms with van der Waals surface area (Å²) < 4.78 is 0. The Morgan fingerprint density at radius 1 is 1.39 bits per heavy atom. The number of hydrogen-bond acceptors (Lipinski definition) is 3. The molecule has 0 aromatic rings. The number of carbonyl (C=O) groups excluding carboxylic acids is 2. The van der Waals surface area contributed by atoms with Crippen LogP contribution in [0.1, 0.15) is 25.7 Å². The van der Waals surface area contributed by atoms with Crippen molar-refractivity contribution in [2.75, 3.05) is 33.2 Å². The standard InChI is InChI=1S/C13H23N3O2/c1-16-6-4-10(5-7-16)8-15-13(18)11-2-3-12(17)14-9-11/h10-11H,2-9H2,1H3,(H,14,17)(H,15,18). The predicted octanol–water partition coefficient (Wildman–Crippen LogP) is -0.0294. The van der Waals surface area contributed by atoms with Crippen LogP contribution in [0.15, 0.2) is 0 Å². The van der Waals surface area contributed by atoms with Crippen LogP contribution in [-0.4, -0.2) is 49.9 Å². The maximum atomic E-state index is 11.9. The number of piperidine rings is 2. The van der Waals surface area contributed by atoms with Gasteiger partial charge in [0.1, 0.15) is 0 Å². The van der Waals surface area contributed by atoms with Crippen molar-refractivity contribution in [1.82, 2.24) is 15.5 Å². The molecule has 0 saturated carbocycles. The van der Waals surface area contributed by atoms with Crippen molar-refractivity contribution in [3.05, 3.63) is 0 Å². The topological polar surface area (TPSA) is 61.4 Å². The zero-order valence-electron chi connectivity index (χ0n) is 11.1.